The molecule has 104 valence electrons. The minimum atomic E-state index is 0.494. The summed E-state index contributed by atoms with van der Waals surface area (Å²) in [6.45, 7) is 4.09. The topological polar surface area (TPSA) is 24.1 Å². The van der Waals surface area contributed by atoms with Crippen molar-refractivity contribution in [3.63, 3.8) is 0 Å². The van der Waals surface area contributed by atoms with Crippen LogP contribution in [0.5, 0.6) is 0 Å². The summed E-state index contributed by atoms with van der Waals surface area (Å²) in [5, 5.41) is 7.83. The molecular formula is C15H14Cl2N2S. The lowest BCUT2D eigenvalue weighted by molar-refractivity contribution is 1.38. The van der Waals surface area contributed by atoms with Crippen molar-refractivity contribution in [1.29, 1.82) is 0 Å². The Morgan fingerprint density at radius 3 is 1.75 bits per heavy atom. The van der Waals surface area contributed by atoms with Gasteiger partial charge in [0.2, 0.25) is 0 Å². The fourth-order valence-corrected chi connectivity index (χ4v) is 2.73. The number of aryl methyl sites for hydroxylation is 2. The minimum Gasteiger partial charge on any atom is -0.332 e. The lowest BCUT2D eigenvalue weighted by atomic mass is 10.1. The highest BCUT2D eigenvalue weighted by Gasteiger charge is 2.02. The van der Waals surface area contributed by atoms with E-state index in [-0.39, 0.29) is 0 Å². The fourth-order valence-electron chi connectivity index (χ4n) is 1.97. The van der Waals surface area contributed by atoms with Gasteiger partial charge in [-0.1, -0.05) is 29.3 Å². The maximum Gasteiger partial charge on any atom is 0.175 e. The average molecular weight is 325 g/mol. The zero-order valence-electron chi connectivity index (χ0n) is 11.1. The van der Waals surface area contributed by atoms with Crippen LogP contribution in [0.25, 0.3) is 0 Å². The molecule has 0 heterocycles. The first-order valence-electron chi connectivity index (χ1n) is 6.05. The molecule has 2 nitrogen and oxygen atoms in total. The predicted molar refractivity (Wildman–Crippen MR) is 92.2 cm³/mol. The van der Waals surface area contributed by atoms with E-state index in [1.54, 1.807) is 18.2 Å². The number of hydrogen-bond donors (Lipinski definition) is 2. The third-order valence-corrected chi connectivity index (χ3v) is 3.24. The van der Waals surface area contributed by atoms with Crippen molar-refractivity contribution in [3.05, 3.63) is 57.6 Å². The maximum atomic E-state index is 5.95. The Balaban J connectivity index is 2.08. The molecule has 0 amide bonds. The first-order chi connectivity index (χ1) is 9.42. The van der Waals surface area contributed by atoms with Crippen LogP contribution in [0, 0.1) is 13.8 Å². The van der Waals surface area contributed by atoms with E-state index < -0.39 is 0 Å². The smallest absolute Gasteiger partial charge is 0.175 e. The summed E-state index contributed by atoms with van der Waals surface area (Å²) in [5.41, 5.74) is 4.07. The van der Waals surface area contributed by atoms with Gasteiger partial charge in [0.1, 0.15) is 0 Å². The standard InChI is InChI=1S/C15H14Cl2N2S/c1-9-3-10(2)5-13(4-9)18-15(20)19-14-7-11(16)6-12(17)8-14/h3-8H,1-2H3,(H2,18,19,20). The van der Waals surface area contributed by atoms with Gasteiger partial charge in [-0.15, -0.1) is 0 Å². The number of rotatable bonds is 2. The van der Waals surface area contributed by atoms with Crippen LogP contribution in [0.3, 0.4) is 0 Å². The summed E-state index contributed by atoms with van der Waals surface area (Å²) in [4.78, 5) is 0. The molecule has 2 rings (SSSR count). The van der Waals surface area contributed by atoms with Gasteiger partial charge in [0.15, 0.2) is 5.11 Å². The second-order valence-corrected chi connectivity index (χ2v) is 5.89. The number of hydrogen-bond acceptors (Lipinski definition) is 1. The molecule has 2 aromatic carbocycles. The van der Waals surface area contributed by atoms with Gasteiger partial charge in [-0.2, -0.15) is 0 Å². The molecule has 0 spiro atoms. The fraction of sp³-hybridized carbons (Fsp3) is 0.133. The van der Waals surface area contributed by atoms with E-state index in [4.69, 9.17) is 35.4 Å². The van der Waals surface area contributed by atoms with Crippen LogP contribution in [0.1, 0.15) is 11.1 Å². The van der Waals surface area contributed by atoms with E-state index in [1.165, 1.54) is 11.1 Å². The van der Waals surface area contributed by atoms with E-state index in [9.17, 15) is 0 Å². The monoisotopic (exact) mass is 324 g/mol. The van der Waals surface area contributed by atoms with Crippen LogP contribution in [-0.4, -0.2) is 5.11 Å². The molecule has 0 atom stereocenters. The SMILES string of the molecule is Cc1cc(C)cc(NC(=S)Nc2cc(Cl)cc(Cl)c2)c1. The lowest BCUT2D eigenvalue weighted by Crippen LogP contribution is -2.19. The van der Waals surface area contributed by atoms with Crippen LogP contribution in [0.4, 0.5) is 11.4 Å². The molecule has 2 N–H and O–H groups in total. The molecule has 0 saturated carbocycles. The van der Waals surface area contributed by atoms with Gasteiger partial charge in [0.05, 0.1) is 0 Å². The molecule has 0 aliphatic heterocycles. The predicted octanol–water partition coefficient (Wildman–Crippen LogP) is 5.42. The van der Waals surface area contributed by atoms with Crippen molar-refractivity contribution >= 4 is 51.9 Å². The summed E-state index contributed by atoms with van der Waals surface area (Å²) < 4.78 is 0. The lowest BCUT2D eigenvalue weighted by Gasteiger charge is -2.12. The van der Waals surface area contributed by atoms with Crippen molar-refractivity contribution in [2.24, 2.45) is 0 Å². The van der Waals surface area contributed by atoms with Gasteiger partial charge in [-0.3, -0.25) is 0 Å². The highest BCUT2D eigenvalue weighted by Crippen LogP contribution is 2.22. The van der Waals surface area contributed by atoms with Crippen molar-refractivity contribution < 1.29 is 0 Å². The minimum absolute atomic E-state index is 0.494. The molecule has 0 saturated heterocycles. The highest BCUT2D eigenvalue weighted by atomic mass is 35.5. The van der Waals surface area contributed by atoms with E-state index in [2.05, 4.69) is 16.7 Å². The molecule has 20 heavy (non-hydrogen) atoms. The molecule has 0 radical (unpaired) electrons. The Morgan fingerprint density at radius 1 is 0.800 bits per heavy atom. The molecule has 2 aromatic rings. The molecule has 0 aromatic heterocycles. The highest BCUT2D eigenvalue weighted by molar-refractivity contribution is 7.80. The largest absolute Gasteiger partial charge is 0.332 e. The van der Waals surface area contributed by atoms with Crippen LogP contribution >= 0.6 is 35.4 Å². The first-order valence-corrected chi connectivity index (χ1v) is 7.21. The van der Waals surface area contributed by atoms with E-state index in [1.807, 2.05) is 26.0 Å². The number of halogens is 2. The molecule has 5 heteroatoms. The molecule has 0 fully saturated rings. The van der Waals surface area contributed by atoms with Crippen LogP contribution in [0.15, 0.2) is 36.4 Å². The Kier molecular flexibility index (Phi) is 4.86. The third-order valence-electron chi connectivity index (χ3n) is 2.60. The van der Waals surface area contributed by atoms with Crippen molar-refractivity contribution in [2.75, 3.05) is 10.6 Å². The summed E-state index contributed by atoms with van der Waals surface area (Å²) in [6, 6.07) is 11.4. The summed E-state index contributed by atoms with van der Waals surface area (Å²) in [6.07, 6.45) is 0. The van der Waals surface area contributed by atoms with Crippen LogP contribution in [-0.2, 0) is 0 Å². The zero-order chi connectivity index (χ0) is 14.7. The van der Waals surface area contributed by atoms with Crippen LogP contribution < -0.4 is 10.6 Å². The quantitative estimate of drug-likeness (QED) is 0.721. The number of benzene rings is 2. The normalized spacial score (nSPS) is 10.2. The van der Waals surface area contributed by atoms with Gasteiger partial charge in [0, 0.05) is 21.4 Å². The molecular weight excluding hydrogens is 311 g/mol. The summed E-state index contributed by atoms with van der Waals surface area (Å²) in [5.74, 6) is 0. The maximum absolute atomic E-state index is 5.95. The average Bonchev–Trinajstić information content (AvgIpc) is 2.24. The first kappa shape index (κ1) is 15.1. The van der Waals surface area contributed by atoms with E-state index in [0.29, 0.717) is 15.2 Å². The zero-order valence-corrected chi connectivity index (χ0v) is 13.5. The number of nitrogens with one attached hydrogen (secondary N) is 2. The van der Waals surface area contributed by atoms with Gasteiger partial charge >= 0.3 is 0 Å². The van der Waals surface area contributed by atoms with Gasteiger partial charge in [-0.05, 0) is 67.5 Å². The summed E-state index contributed by atoms with van der Waals surface area (Å²) in [7, 11) is 0. The van der Waals surface area contributed by atoms with Crippen LogP contribution in [0.2, 0.25) is 10.0 Å². The van der Waals surface area contributed by atoms with Crippen molar-refractivity contribution in [1.82, 2.24) is 0 Å². The second kappa shape index (κ2) is 6.44. The Labute approximate surface area is 134 Å². The van der Waals surface area contributed by atoms with E-state index >= 15 is 0 Å². The third kappa shape index (κ3) is 4.37. The second-order valence-electron chi connectivity index (χ2n) is 4.61. The molecule has 0 aliphatic carbocycles. The number of thiocarbonyl (C=S) groups is 1. The van der Waals surface area contributed by atoms with Gasteiger partial charge in [0.25, 0.3) is 0 Å². The van der Waals surface area contributed by atoms with Crippen molar-refractivity contribution in [3.8, 4) is 0 Å². The Morgan fingerprint density at radius 2 is 1.25 bits per heavy atom. The number of anilines is 2. The molecule has 0 aliphatic rings. The molecule has 0 bridgehead atoms. The van der Waals surface area contributed by atoms with Crippen molar-refractivity contribution in [2.45, 2.75) is 13.8 Å². The summed E-state index contributed by atoms with van der Waals surface area (Å²) >= 11 is 17.2. The molecule has 0 unspecified atom stereocenters. The van der Waals surface area contributed by atoms with Gasteiger partial charge in [-0.25, -0.2) is 0 Å². The van der Waals surface area contributed by atoms with E-state index in [0.717, 1.165) is 11.4 Å². The Hall–Kier alpha value is -1.29. The Bertz CT molecular complexity index is 560. The van der Waals surface area contributed by atoms with Gasteiger partial charge < -0.3 is 10.6 Å².